The van der Waals surface area contributed by atoms with E-state index in [9.17, 15) is 9.90 Å². The maximum atomic E-state index is 11.7. The Kier molecular flexibility index (Phi) is 5.01. The van der Waals surface area contributed by atoms with Gasteiger partial charge in [-0.05, 0) is 37.1 Å². The molecular formula is C16H20N2O4. The summed E-state index contributed by atoms with van der Waals surface area (Å²) >= 11 is 0. The van der Waals surface area contributed by atoms with Crippen LogP contribution >= 0.6 is 0 Å². The van der Waals surface area contributed by atoms with Gasteiger partial charge in [-0.1, -0.05) is 6.07 Å². The molecule has 1 N–H and O–H groups in total. The number of rotatable bonds is 6. The third kappa shape index (κ3) is 2.91. The second kappa shape index (κ2) is 6.77. The minimum Gasteiger partial charge on any atom is -0.495 e. The maximum Gasteiger partial charge on any atom is 0.326 e. The molecule has 22 heavy (non-hydrogen) atoms. The van der Waals surface area contributed by atoms with E-state index in [1.165, 1.54) is 14.2 Å². The van der Waals surface area contributed by atoms with E-state index in [1.54, 1.807) is 12.1 Å². The molecule has 1 aliphatic rings. The molecule has 1 heterocycles. The number of hydrogen-bond donors (Lipinski definition) is 1. The number of carbonyl (C=O) groups is 1. The molecule has 6 heteroatoms. The van der Waals surface area contributed by atoms with Crippen LogP contribution in [0.3, 0.4) is 0 Å². The molecule has 118 valence electrons. The number of nitrogens with zero attached hydrogens (tertiary/aromatic N) is 2. The van der Waals surface area contributed by atoms with Crippen LogP contribution in [0, 0.1) is 11.3 Å². The van der Waals surface area contributed by atoms with Crippen molar-refractivity contribution in [3.05, 3.63) is 29.3 Å². The van der Waals surface area contributed by atoms with Crippen LogP contribution < -0.4 is 4.74 Å². The molecule has 0 radical (unpaired) electrons. The SMILES string of the molecule is COCC1(C(=O)O)CCCN1Cc1ccc(C#N)c(OC)c1. The average Bonchev–Trinajstić information content (AvgIpc) is 2.91. The number of ether oxygens (including phenoxy) is 2. The summed E-state index contributed by atoms with van der Waals surface area (Å²) in [6, 6.07) is 7.39. The Labute approximate surface area is 129 Å². The fourth-order valence-electron chi connectivity index (χ4n) is 3.02. The third-order valence-electron chi connectivity index (χ3n) is 4.16. The van der Waals surface area contributed by atoms with Gasteiger partial charge in [0.25, 0.3) is 0 Å². The van der Waals surface area contributed by atoms with Gasteiger partial charge in [-0.3, -0.25) is 9.69 Å². The van der Waals surface area contributed by atoms with Gasteiger partial charge in [0.1, 0.15) is 17.4 Å². The van der Waals surface area contributed by atoms with E-state index in [4.69, 9.17) is 14.7 Å². The summed E-state index contributed by atoms with van der Waals surface area (Å²) in [5, 5.41) is 18.7. The fourth-order valence-corrected chi connectivity index (χ4v) is 3.02. The number of nitriles is 1. The quantitative estimate of drug-likeness (QED) is 0.860. The number of methoxy groups -OCH3 is 2. The molecule has 0 aliphatic carbocycles. The molecule has 6 nitrogen and oxygen atoms in total. The van der Waals surface area contributed by atoms with Crippen LogP contribution in [0.25, 0.3) is 0 Å². The van der Waals surface area contributed by atoms with Gasteiger partial charge in [-0.2, -0.15) is 5.26 Å². The zero-order valence-corrected chi connectivity index (χ0v) is 12.8. The smallest absolute Gasteiger partial charge is 0.326 e. The summed E-state index contributed by atoms with van der Waals surface area (Å²) in [5.74, 6) is -0.348. The number of likely N-dealkylation sites (tertiary alicyclic amines) is 1. The van der Waals surface area contributed by atoms with Crippen LogP contribution in [-0.4, -0.2) is 48.9 Å². The molecule has 2 rings (SSSR count). The van der Waals surface area contributed by atoms with E-state index in [1.807, 2.05) is 11.0 Å². The van der Waals surface area contributed by atoms with Crippen molar-refractivity contribution in [2.45, 2.75) is 24.9 Å². The Bertz CT molecular complexity index is 596. The summed E-state index contributed by atoms with van der Waals surface area (Å²) in [6.07, 6.45) is 1.40. The lowest BCUT2D eigenvalue weighted by Crippen LogP contribution is -2.53. The molecule has 1 unspecified atom stereocenters. The van der Waals surface area contributed by atoms with Gasteiger partial charge in [0.15, 0.2) is 0 Å². The normalized spacial score (nSPS) is 21.5. The Balaban J connectivity index is 2.25. The Morgan fingerprint density at radius 1 is 1.50 bits per heavy atom. The lowest BCUT2D eigenvalue weighted by Gasteiger charge is -2.34. The fraction of sp³-hybridized carbons (Fsp3) is 0.500. The molecule has 0 aromatic heterocycles. The van der Waals surface area contributed by atoms with Gasteiger partial charge >= 0.3 is 5.97 Å². The summed E-state index contributed by atoms with van der Waals surface area (Å²) in [7, 11) is 3.04. The highest BCUT2D eigenvalue weighted by Crippen LogP contribution is 2.32. The number of hydrogen-bond acceptors (Lipinski definition) is 5. The summed E-state index contributed by atoms with van der Waals surface area (Å²) < 4.78 is 10.4. The predicted octanol–water partition coefficient (Wildman–Crippen LogP) is 1.63. The van der Waals surface area contributed by atoms with Crippen molar-refractivity contribution >= 4 is 5.97 Å². The molecule has 1 fully saturated rings. The predicted molar refractivity (Wildman–Crippen MR) is 79.6 cm³/mol. The van der Waals surface area contributed by atoms with Crippen molar-refractivity contribution in [2.24, 2.45) is 0 Å². The Morgan fingerprint density at radius 3 is 2.86 bits per heavy atom. The van der Waals surface area contributed by atoms with Crippen LogP contribution in [0.2, 0.25) is 0 Å². The number of carboxylic acid groups (broad SMARTS) is 1. The molecule has 1 aliphatic heterocycles. The van der Waals surface area contributed by atoms with Crippen molar-refractivity contribution in [1.29, 1.82) is 5.26 Å². The highest BCUT2D eigenvalue weighted by molar-refractivity contribution is 5.79. The van der Waals surface area contributed by atoms with Gasteiger partial charge in [-0.15, -0.1) is 0 Å². The van der Waals surface area contributed by atoms with Crippen molar-refractivity contribution in [3.8, 4) is 11.8 Å². The standard InChI is InChI=1S/C16H20N2O4/c1-21-11-16(15(19)20)6-3-7-18(16)10-12-4-5-13(9-17)14(8-12)22-2/h4-5,8H,3,6-7,10-11H2,1-2H3,(H,19,20). The first-order chi connectivity index (χ1) is 10.6. The molecule has 1 atom stereocenters. The zero-order valence-electron chi connectivity index (χ0n) is 12.8. The minimum atomic E-state index is -0.976. The number of aliphatic carboxylic acids is 1. The van der Waals surface area contributed by atoms with Crippen LogP contribution in [-0.2, 0) is 16.1 Å². The maximum absolute atomic E-state index is 11.7. The average molecular weight is 304 g/mol. The van der Waals surface area contributed by atoms with Crippen molar-refractivity contribution in [2.75, 3.05) is 27.4 Å². The van der Waals surface area contributed by atoms with Crippen molar-refractivity contribution in [1.82, 2.24) is 4.90 Å². The monoisotopic (exact) mass is 304 g/mol. The van der Waals surface area contributed by atoms with Gasteiger partial charge in [0.05, 0.1) is 19.3 Å². The van der Waals surface area contributed by atoms with E-state index >= 15 is 0 Å². The summed E-state index contributed by atoms with van der Waals surface area (Å²) in [6.45, 7) is 1.35. The molecule has 0 saturated carbocycles. The number of benzene rings is 1. The second-order valence-electron chi connectivity index (χ2n) is 5.44. The van der Waals surface area contributed by atoms with Gasteiger partial charge < -0.3 is 14.6 Å². The highest BCUT2D eigenvalue weighted by Gasteiger charge is 2.47. The van der Waals surface area contributed by atoms with E-state index in [2.05, 4.69) is 6.07 Å². The topological polar surface area (TPSA) is 82.8 Å². The van der Waals surface area contributed by atoms with Crippen molar-refractivity contribution < 1.29 is 19.4 Å². The van der Waals surface area contributed by atoms with E-state index in [-0.39, 0.29) is 6.61 Å². The van der Waals surface area contributed by atoms with Crippen molar-refractivity contribution in [3.63, 3.8) is 0 Å². The van der Waals surface area contributed by atoms with Crippen LogP contribution in [0.4, 0.5) is 0 Å². The summed E-state index contributed by atoms with van der Waals surface area (Å²) in [5.41, 5.74) is 0.407. The molecule has 1 aromatic rings. The lowest BCUT2D eigenvalue weighted by atomic mass is 9.96. The molecule has 0 bridgehead atoms. The summed E-state index contributed by atoms with van der Waals surface area (Å²) in [4.78, 5) is 13.7. The van der Waals surface area contributed by atoms with Gasteiger partial charge in [0.2, 0.25) is 0 Å². The van der Waals surface area contributed by atoms with Crippen LogP contribution in [0.15, 0.2) is 18.2 Å². The highest BCUT2D eigenvalue weighted by atomic mass is 16.5. The molecule has 1 saturated heterocycles. The molecule has 0 spiro atoms. The Morgan fingerprint density at radius 2 is 2.27 bits per heavy atom. The first-order valence-corrected chi connectivity index (χ1v) is 7.12. The van der Waals surface area contributed by atoms with Gasteiger partial charge in [0, 0.05) is 13.7 Å². The third-order valence-corrected chi connectivity index (χ3v) is 4.16. The molecular weight excluding hydrogens is 284 g/mol. The van der Waals surface area contributed by atoms with Crippen LogP contribution in [0.5, 0.6) is 5.75 Å². The first-order valence-electron chi connectivity index (χ1n) is 7.12. The first kappa shape index (κ1) is 16.3. The van der Waals surface area contributed by atoms with Crippen LogP contribution in [0.1, 0.15) is 24.0 Å². The second-order valence-corrected chi connectivity index (χ2v) is 5.44. The Hall–Kier alpha value is -2.10. The molecule has 1 aromatic carbocycles. The zero-order chi connectivity index (χ0) is 16.2. The minimum absolute atomic E-state index is 0.162. The van der Waals surface area contributed by atoms with E-state index in [0.717, 1.165) is 12.0 Å². The van der Waals surface area contributed by atoms with Gasteiger partial charge in [-0.25, -0.2) is 0 Å². The molecule has 0 amide bonds. The largest absolute Gasteiger partial charge is 0.495 e. The van der Waals surface area contributed by atoms with E-state index < -0.39 is 11.5 Å². The lowest BCUT2D eigenvalue weighted by molar-refractivity contribution is -0.153. The van der Waals surface area contributed by atoms with E-state index in [0.29, 0.717) is 30.8 Å². The number of carboxylic acids is 1.